The molecule has 0 aliphatic carbocycles. The second kappa shape index (κ2) is 6.55. The van der Waals surface area contributed by atoms with Gasteiger partial charge in [0, 0.05) is 20.5 Å². The number of carbonyl (C=O) groups excluding carboxylic acids is 1. The highest BCUT2D eigenvalue weighted by Crippen LogP contribution is 2.34. The van der Waals surface area contributed by atoms with Crippen LogP contribution >= 0.6 is 0 Å². The fraction of sp³-hybridized carbons (Fsp3) is 0.933. The number of nitrogens with zero attached hydrogens (tertiary/aromatic N) is 2. The zero-order valence-electron chi connectivity index (χ0n) is 12.8. The quantitative estimate of drug-likeness (QED) is 0.770. The third kappa shape index (κ3) is 4.97. The summed E-state index contributed by atoms with van der Waals surface area (Å²) in [5.41, 5.74) is 0.451. The first-order valence-corrected chi connectivity index (χ1v) is 7.23. The van der Waals surface area contributed by atoms with E-state index in [4.69, 9.17) is 0 Å². The third-order valence-electron chi connectivity index (χ3n) is 4.18. The van der Waals surface area contributed by atoms with Crippen LogP contribution < -0.4 is 0 Å². The van der Waals surface area contributed by atoms with Crippen LogP contribution in [0.15, 0.2) is 0 Å². The first kappa shape index (κ1) is 15.5. The van der Waals surface area contributed by atoms with Gasteiger partial charge in [0.1, 0.15) is 0 Å². The summed E-state index contributed by atoms with van der Waals surface area (Å²) in [4.78, 5) is 15.7. The van der Waals surface area contributed by atoms with E-state index in [1.54, 1.807) is 4.90 Å². The van der Waals surface area contributed by atoms with Gasteiger partial charge in [0.05, 0.1) is 0 Å². The van der Waals surface area contributed by atoms with Crippen molar-refractivity contribution in [3.05, 3.63) is 0 Å². The minimum atomic E-state index is 0.250. The van der Waals surface area contributed by atoms with E-state index in [0.717, 1.165) is 18.9 Å². The zero-order valence-corrected chi connectivity index (χ0v) is 12.8. The molecule has 1 aliphatic rings. The van der Waals surface area contributed by atoms with Crippen molar-refractivity contribution in [2.45, 2.75) is 46.5 Å². The van der Waals surface area contributed by atoms with Gasteiger partial charge in [-0.2, -0.15) is 0 Å². The molecule has 0 aromatic rings. The molecule has 1 heterocycles. The van der Waals surface area contributed by atoms with E-state index in [9.17, 15) is 4.79 Å². The summed E-state index contributed by atoms with van der Waals surface area (Å²) in [7, 11) is 3.66. The molecule has 0 N–H and O–H groups in total. The van der Waals surface area contributed by atoms with Gasteiger partial charge in [-0.05, 0) is 50.2 Å². The van der Waals surface area contributed by atoms with Crippen molar-refractivity contribution in [1.29, 1.82) is 0 Å². The average Bonchev–Trinajstić information content (AvgIpc) is 2.28. The van der Waals surface area contributed by atoms with Crippen LogP contribution in [-0.2, 0) is 4.79 Å². The first-order chi connectivity index (χ1) is 8.30. The number of likely N-dealkylation sites (tertiary alicyclic amines) is 1. The van der Waals surface area contributed by atoms with Crippen molar-refractivity contribution in [3.8, 4) is 0 Å². The SMILES string of the molecule is CN(C)C(=O)CCCN1CCC(C(C)(C)C)CC1. The van der Waals surface area contributed by atoms with E-state index in [0.29, 0.717) is 11.8 Å². The van der Waals surface area contributed by atoms with E-state index < -0.39 is 0 Å². The Morgan fingerprint density at radius 2 is 1.78 bits per heavy atom. The van der Waals surface area contributed by atoms with E-state index in [1.165, 1.54) is 25.9 Å². The molecule has 1 rings (SSSR count). The van der Waals surface area contributed by atoms with Crippen LogP contribution in [0.2, 0.25) is 0 Å². The van der Waals surface area contributed by atoms with Crippen LogP contribution in [0.5, 0.6) is 0 Å². The molecule has 0 saturated carbocycles. The smallest absolute Gasteiger partial charge is 0.222 e. The topological polar surface area (TPSA) is 23.6 Å². The van der Waals surface area contributed by atoms with Crippen LogP contribution in [-0.4, -0.2) is 49.4 Å². The highest BCUT2D eigenvalue weighted by Gasteiger charge is 2.28. The summed E-state index contributed by atoms with van der Waals surface area (Å²) in [5.74, 6) is 1.11. The summed E-state index contributed by atoms with van der Waals surface area (Å²) in [5, 5.41) is 0. The number of hydrogen-bond donors (Lipinski definition) is 0. The Bertz CT molecular complexity index is 260. The number of carbonyl (C=O) groups is 1. The summed E-state index contributed by atoms with van der Waals surface area (Å²) in [6.45, 7) is 10.5. The fourth-order valence-corrected chi connectivity index (χ4v) is 2.70. The highest BCUT2D eigenvalue weighted by atomic mass is 16.2. The van der Waals surface area contributed by atoms with Crippen molar-refractivity contribution in [2.24, 2.45) is 11.3 Å². The minimum absolute atomic E-state index is 0.250. The first-order valence-electron chi connectivity index (χ1n) is 7.23. The van der Waals surface area contributed by atoms with Crippen LogP contribution in [0.25, 0.3) is 0 Å². The molecule has 0 atom stereocenters. The largest absolute Gasteiger partial charge is 0.349 e. The molecule has 3 heteroatoms. The molecule has 1 saturated heterocycles. The molecule has 0 aromatic heterocycles. The monoisotopic (exact) mass is 254 g/mol. The van der Waals surface area contributed by atoms with Crippen molar-refractivity contribution in [3.63, 3.8) is 0 Å². The summed E-state index contributed by atoms with van der Waals surface area (Å²) < 4.78 is 0. The van der Waals surface area contributed by atoms with Crippen molar-refractivity contribution in [1.82, 2.24) is 9.80 Å². The van der Waals surface area contributed by atoms with E-state index in [-0.39, 0.29) is 5.91 Å². The Morgan fingerprint density at radius 3 is 2.22 bits per heavy atom. The lowest BCUT2D eigenvalue weighted by Crippen LogP contribution is -2.38. The third-order valence-corrected chi connectivity index (χ3v) is 4.18. The van der Waals surface area contributed by atoms with Crippen LogP contribution in [0.3, 0.4) is 0 Å². The minimum Gasteiger partial charge on any atom is -0.349 e. The fourth-order valence-electron chi connectivity index (χ4n) is 2.70. The summed E-state index contributed by atoms with van der Waals surface area (Å²) >= 11 is 0. The van der Waals surface area contributed by atoms with Crippen LogP contribution in [0, 0.1) is 11.3 Å². The molecule has 18 heavy (non-hydrogen) atoms. The number of hydrogen-bond acceptors (Lipinski definition) is 2. The van der Waals surface area contributed by atoms with Gasteiger partial charge in [-0.3, -0.25) is 4.79 Å². The van der Waals surface area contributed by atoms with E-state index in [1.807, 2.05) is 14.1 Å². The molecule has 1 fully saturated rings. The number of piperidine rings is 1. The normalized spacial score (nSPS) is 18.9. The lowest BCUT2D eigenvalue weighted by molar-refractivity contribution is -0.128. The van der Waals surface area contributed by atoms with Gasteiger partial charge in [-0.1, -0.05) is 20.8 Å². The van der Waals surface area contributed by atoms with Gasteiger partial charge in [0.2, 0.25) is 5.91 Å². The Morgan fingerprint density at radius 1 is 1.22 bits per heavy atom. The molecular weight excluding hydrogens is 224 g/mol. The van der Waals surface area contributed by atoms with E-state index >= 15 is 0 Å². The van der Waals surface area contributed by atoms with Gasteiger partial charge in [-0.15, -0.1) is 0 Å². The second-order valence-corrected chi connectivity index (χ2v) is 6.87. The molecule has 1 amide bonds. The molecule has 0 radical (unpaired) electrons. The molecular formula is C15H30N2O. The van der Waals surface area contributed by atoms with E-state index in [2.05, 4.69) is 25.7 Å². The van der Waals surface area contributed by atoms with Gasteiger partial charge in [-0.25, -0.2) is 0 Å². The zero-order chi connectivity index (χ0) is 13.8. The molecule has 0 aromatic carbocycles. The molecule has 3 nitrogen and oxygen atoms in total. The number of rotatable bonds is 4. The van der Waals surface area contributed by atoms with Crippen LogP contribution in [0.1, 0.15) is 46.5 Å². The van der Waals surface area contributed by atoms with Crippen molar-refractivity contribution in [2.75, 3.05) is 33.7 Å². The van der Waals surface area contributed by atoms with Gasteiger partial charge in [0.15, 0.2) is 0 Å². The second-order valence-electron chi connectivity index (χ2n) is 6.87. The highest BCUT2D eigenvalue weighted by molar-refractivity contribution is 5.75. The predicted octanol–water partition coefficient (Wildman–Crippen LogP) is 2.61. The molecule has 1 aliphatic heterocycles. The Kier molecular flexibility index (Phi) is 5.64. The summed E-state index contributed by atoms with van der Waals surface area (Å²) in [6, 6.07) is 0. The maximum atomic E-state index is 11.5. The predicted molar refractivity (Wildman–Crippen MR) is 76.5 cm³/mol. The molecule has 0 unspecified atom stereocenters. The van der Waals surface area contributed by atoms with Crippen LogP contribution in [0.4, 0.5) is 0 Å². The molecule has 106 valence electrons. The van der Waals surface area contributed by atoms with Crippen molar-refractivity contribution < 1.29 is 4.79 Å². The Labute approximate surface area is 113 Å². The average molecular weight is 254 g/mol. The van der Waals surface area contributed by atoms with Gasteiger partial charge >= 0.3 is 0 Å². The summed E-state index contributed by atoms with van der Waals surface area (Å²) in [6.07, 6.45) is 4.31. The molecule has 0 spiro atoms. The van der Waals surface area contributed by atoms with Gasteiger partial charge < -0.3 is 9.80 Å². The lowest BCUT2D eigenvalue weighted by atomic mass is 9.75. The van der Waals surface area contributed by atoms with Crippen molar-refractivity contribution >= 4 is 5.91 Å². The van der Waals surface area contributed by atoms with Gasteiger partial charge in [0.25, 0.3) is 0 Å². The Hall–Kier alpha value is -0.570. The number of amides is 1. The Balaban J connectivity index is 2.18. The molecule has 0 bridgehead atoms. The lowest BCUT2D eigenvalue weighted by Gasteiger charge is -2.38. The maximum absolute atomic E-state index is 11.5. The standard InChI is InChI=1S/C15H30N2O/c1-15(2,3)13-8-11-17(12-9-13)10-6-7-14(18)16(4)5/h13H,6-12H2,1-5H3. The maximum Gasteiger partial charge on any atom is 0.222 e.